The zero-order valence-electron chi connectivity index (χ0n) is 8.98. The Hall–Kier alpha value is -2.00. The van der Waals surface area contributed by atoms with E-state index in [1.807, 2.05) is 0 Å². The van der Waals surface area contributed by atoms with Gasteiger partial charge >= 0.3 is 0 Å². The molecular weight excluding hydrogens is 236 g/mol. The van der Waals surface area contributed by atoms with Gasteiger partial charge in [-0.25, -0.2) is 0 Å². The zero-order valence-corrected chi connectivity index (χ0v) is 9.74. The SMILES string of the molecule is Nc1ccc(C(=O)Nc2cccc(Cl)c2)cc1. The van der Waals surface area contributed by atoms with Crippen LogP contribution in [0.4, 0.5) is 11.4 Å². The molecule has 3 N–H and O–H groups in total. The number of halogens is 1. The van der Waals surface area contributed by atoms with Crippen LogP contribution >= 0.6 is 11.6 Å². The zero-order chi connectivity index (χ0) is 12.3. The molecule has 2 aromatic rings. The Kier molecular flexibility index (Phi) is 3.30. The van der Waals surface area contributed by atoms with Gasteiger partial charge in [0.25, 0.3) is 5.91 Å². The van der Waals surface area contributed by atoms with Gasteiger partial charge in [0, 0.05) is 22.0 Å². The second-order valence-electron chi connectivity index (χ2n) is 3.59. The molecule has 0 fully saturated rings. The number of amides is 1. The molecule has 3 nitrogen and oxygen atoms in total. The molecule has 0 saturated heterocycles. The van der Waals surface area contributed by atoms with E-state index in [4.69, 9.17) is 17.3 Å². The fourth-order valence-corrected chi connectivity index (χ4v) is 1.59. The number of carbonyl (C=O) groups excluding carboxylic acids is 1. The van der Waals surface area contributed by atoms with Gasteiger partial charge in [0.2, 0.25) is 0 Å². The first-order chi connectivity index (χ1) is 8.15. The lowest BCUT2D eigenvalue weighted by Gasteiger charge is -2.05. The summed E-state index contributed by atoms with van der Waals surface area (Å²) in [5.41, 5.74) is 7.40. The third-order valence-corrected chi connectivity index (χ3v) is 2.49. The number of nitrogens with one attached hydrogen (secondary N) is 1. The van der Waals surface area contributed by atoms with Gasteiger partial charge in [0.1, 0.15) is 0 Å². The minimum absolute atomic E-state index is 0.188. The van der Waals surface area contributed by atoms with Gasteiger partial charge in [0.05, 0.1) is 0 Å². The Morgan fingerprint density at radius 2 is 1.82 bits per heavy atom. The van der Waals surface area contributed by atoms with Crippen LogP contribution in [0.1, 0.15) is 10.4 Å². The standard InChI is InChI=1S/C13H11ClN2O/c14-10-2-1-3-12(8-10)16-13(17)9-4-6-11(15)7-5-9/h1-8H,15H2,(H,16,17). The van der Waals surface area contributed by atoms with Crippen LogP contribution in [0, 0.1) is 0 Å². The molecule has 0 radical (unpaired) electrons. The van der Waals surface area contributed by atoms with Crippen LogP contribution < -0.4 is 11.1 Å². The van der Waals surface area contributed by atoms with E-state index in [-0.39, 0.29) is 5.91 Å². The molecule has 0 aliphatic rings. The highest BCUT2D eigenvalue weighted by Gasteiger charge is 2.05. The van der Waals surface area contributed by atoms with Crippen molar-refractivity contribution in [2.75, 3.05) is 11.1 Å². The van der Waals surface area contributed by atoms with E-state index in [1.165, 1.54) is 0 Å². The van der Waals surface area contributed by atoms with Crippen LogP contribution in [-0.2, 0) is 0 Å². The minimum Gasteiger partial charge on any atom is -0.399 e. The van der Waals surface area contributed by atoms with Crippen LogP contribution in [0.3, 0.4) is 0 Å². The maximum absolute atomic E-state index is 11.8. The van der Waals surface area contributed by atoms with Crippen molar-refractivity contribution >= 4 is 28.9 Å². The van der Waals surface area contributed by atoms with Crippen molar-refractivity contribution in [1.82, 2.24) is 0 Å². The summed E-state index contributed by atoms with van der Waals surface area (Å²) in [6.45, 7) is 0. The third-order valence-electron chi connectivity index (χ3n) is 2.26. The molecule has 0 aliphatic carbocycles. The summed E-state index contributed by atoms with van der Waals surface area (Å²) >= 11 is 5.83. The molecule has 0 bridgehead atoms. The fraction of sp³-hybridized carbons (Fsp3) is 0. The number of hydrogen-bond acceptors (Lipinski definition) is 2. The molecule has 2 rings (SSSR count). The normalized spacial score (nSPS) is 9.94. The van der Waals surface area contributed by atoms with Gasteiger partial charge in [-0.2, -0.15) is 0 Å². The van der Waals surface area contributed by atoms with E-state index in [0.29, 0.717) is 22.0 Å². The Morgan fingerprint density at radius 1 is 1.12 bits per heavy atom. The summed E-state index contributed by atoms with van der Waals surface area (Å²) in [7, 11) is 0. The molecule has 0 heterocycles. The second kappa shape index (κ2) is 4.89. The maximum atomic E-state index is 11.8. The smallest absolute Gasteiger partial charge is 0.255 e. The summed E-state index contributed by atoms with van der Waals surface area (Å²) in [4.78, 5) is 11.8. The lowest BCUT2D eigenvalue weighted by molar-refractivity contribution is 0.102. The monoisotopic (exact) mass is 246 g/mol. The molecule has 0 aliphatic heterocycles. The number of hydrogen-bond donors (Lipinski definition) is 2. The van der Waals surface area contributed by atoms with Gasteiger partial charge in [-0.15, -0.1) is 0 Å². The molecule has 86 valence electrons. The Morgan fingerprint density at radius 3 is 2.47 bits per heavy atom. The van der Waals surface area contributed by atoms with E-state index >= 15 is 0 Å². The summed E-state index contributed by atoms with van der Waals surface area (Å²) < 4.78 is 0. The highest BCUT2D eigenvalue weighted by Crippen LogP contribution is 2.16. The quantitative estimate of drug-likeness (QED) is 0.800. The molecule has 0 unspecified atom stereocenters. The summed E-state index contributed by atoms with van der Waals surface area (Å²) in [5.74, 6) is -0.188. The van der Waals surface area contributed by atoms with E-state index in [0.717, 1.165) is 0 Å². The Balaban J connectivity index is 2.14. The summed E-state index contributed by atoms with van der Waals surface area (Å²) in [6.07, 6.45) is 0. The van der Waals surface area contributed by atoms with Crippen LogP contribution in [0.5, 0.6) is 0 Å². The van der Waals surface area contributed by atoms with E-state index in [9.17, 15) is 4.79 Å². The Bertz CT molecular complexity index is 537. The predicted molar refractivity (Wildman–Crippen MR) is 70.3 cm³/mol. The molecule has 0 atom stereocenters. The summed E-state index contributed by atoms with van der Waals surface area (Å²) in [5, 5.41) is 3.34. The first-order valence-electron chi connectivity index (χ1n) is 5.07. The van der Waals surface area contributed by atoms with Gasteiger partial charge in [0.15, 0.2) is 0 Å². The van der Waals surface area contributed by atoms with Crippen molar-refractivity contribution in [2.45, 2.75) is 0 Å². The summed E-state index contributed by atoms with van der Waals surface area (Å²) in [6, 6.07) is 13.7. The van der Waals surface area contributed by atoms with Crippen LogP contribution in [0.2, 0.25) is 5.02 Å². The van der Waals surface area contributed by atoms with Crippen molar-refractivity contribution in [2.24, 2.45) is 0 Å². The molecule has 0 saturated carbocycles. The molecule has 1 amide bonds. The van der Waals surface area contributed by atoms with Crippen molar-refractivity contribution < 1.29 is 4.79 Å². The predicted octanol–water partition coefficient (Wildman–Crippen LogP) is 3.17. The minimum atomic E-state index is -0.188. The number of anilines is 2. The van der Waals surface area contributed by atoms with Crippen molar-refractivity contribution in [1.29, 1.82) is 0 Å². The number of carbonyl (C=O) groups is 1. The highest BCUT2D eigenvalue weighted by molar-refractivity contribution is 6.30. The van der Waals surface area contributed by atoms with Gasteiger partial charge < -0.3 is 11.1 Å². The third kappa shape index (κ3) is 2.98. The average Bonchev–Trinajstić information content (AvgIpc) is 2.29. The molecular formula is C13H11ClN2O. The van der Waals surface area contributed by atoms with Crippen LogP contribution in [-0.4, -0.2) is 5.91 Å². The molecule has 0 aromatic heterocycles. The largest absolute Gasteiger partial charge is 0.399 e. The number of nitrogens with two attached hydrogens (primary N) is 1. The average molecular weight is 247 g/mol. The molecule has 17 heavy (non-hydrogen) atoms. The number of nitrogen functional groups attached to an aromatic ring is 1. The second-order valence-corrected chi connectivity index (χ2v) is 4.02. The van der Waals surface area contributed by atoms with Gasteiger partial charge in [-0.3, -0.25) is 4.79 Å². The number of rotatable bonds is 2. The van der Waals surface area contributed by atoms with Crippen LogP contribution in [0.15, 0.2) is 48.5 Å². The molecule has 2 aromatic carbocycles. The first kappa shape index (κ1) is 11.5. The lowest BCUT2D eigenvalue weighted by atomic mass is 10.2. The van der Waals surface area contributed by atoms with Gasteiger partial charge in [-0.05, 0) is 42.5 Å². The highest BCUT2D eigenvalue weighted by atomic mass is 35.5. The first-order valence-corrected chi connectivity index (χ1v) is 5.45. The van der Waals surface area contributed by atoms with Crippen LogP contribution in [0.25, 0.3) is 0 Å². The topological polar surface area (TPSA) is 55.1 Å². The van der Waals surface area contributed by atoms with E-state index < -0.39 is 0 Å². The van der Waals surface area contributed by atoms with Crippen molar-refractivity contribution in [3.05, 3.63) is 59.1 Å². The molecule has 0 spiro atoms. The lowest BCUT2D eigenvalue weighted by Crippen LogP contribution is -2.11. The van der Waals surface area contributed by atoms with E-state index in [1.54, 1.807) is 48.5 Å². The molecule has 4 heteroatoms. The van der Waals surface area contributed by atoms with Gasteiger partial charge in [-0.1, -0.05) is 17.7 Å². The fourth-order valence-electron chi connectivity index (χ4n) is 1.40. The number of benzene rings is 2. The maximum Gasteiger partial charge on any atom is 0.255 e. The van der Waals surface area contributed by atoms with E-state index in [2.05, 4.69) is 5.32 Å². The Labute approximate surface area is 104 Å². The van der Waals surface area contributed by atoms with Crippen molar-refractivity contribution in [3.8, 4) is 0 Å². The van der Waals surface area contributed by atoms with Crippen molar-refractivity contribution in [3.63, 3.8) is 0 Å².